The van der Waals surface area contributed by atoms with E-state index in [1.807, 2.05) is 54.6 Å². The van der Waals surface area contributed by atoms with Crippen molar-refractivity contribution >= 4 is 38.6 Å². The summed E-state index contributed by atoms with van der Waals surface area (Å²) in [7, 11) is -2.22. The van der Waals surface area contributed by atoms with Crippen LogP contribution in [0.15, 0.2) is 54.6 Å². The third kappa shape index (κ3) is 6.83. The minimum absolute atomic E-state index is 0.115. The molecule has 0 radical (unpaired) electrons. The zero-order valence-electron chi connectivity index (χ0n) is 27.6. The van der Waals surface area contributed by atoms with Crippen molar-refractivity contribution < 1.29 is 32.3 Å². The predicted molar refractivity (Wildman–Crippen MR) is 183 cm³/mol. The van der Waals surface area contributed by atoms with Crippen LogP contribution in [0.1, 0.15) is 64.2 Å². The lowest BCUT2D eigenvalue weighted by Gasteiger charge is -2.28. The van der Waals surface area contributed by atoms with E-state index in [0.29, 0.717) is 54.8 Å². The molecule has 0 spiro atoms. The first-order valence-corrected chi connectivity index (χ1v) is 18.8. The molecule has 2 aliphatic heterocycles. The van der Waals surface area contributed by atoms with Crippen LogP contribution in [-0.2, 0) is 24.4 Å². The topological polar surface area (TPSA) is 170 Å². The van der Waals surface area contributed by atoms with Crippen LogP contribution in [0, 0.1) is 5.92 Å². The first-order valence-electron chi connectivity index (χ1n) is 17.2. The number of nitrogens with zero attached hydrogens (tertiary/aromatic N) is 2. The number of hydrogen-bond acceptors (Lipinski definition) is 9. The van der Waals surface area contributed by atoms with Crippen LogP contribution < -0.4 is 25.2 Å². The third-order valence-corrected chi connectivity index (χ3v) is 12.2. The first kappa shape index (κ1) is 33.3. The van der Waals surface area contributed by atoms with Crippen molar-refractivity contribution in [2.75, 3.05) is 13.7 Å². The van der Waals surface area contributed by atoms with Crippen LogP contribution in [-0.4, -0.2) is 78.7 Å². The van der Waals surface area contributed by atoms with E-state index in [0.717, 1.165) is 36.6 Å². The zero-order chi connectivity index (χ0) is 34.3. The molecule has 4 aliphatic rings. The van der Waals surface area contributed by atoms with E-state index in [2.05, 4.69) is 10.0 Å². The molecular formula is C36H43N5O7S. The van der Waals surface area contributed by atoms with Crippen LogP contribution in [0.4, 0.5) is 0 Å². The number of fused-ring (bicyclic) bond motifs is 3. The second-order valence-corrected chi connectivity index (χ2v) is 15.8. The Morgan fingerprint density at radius 2 is 1.78 bits per heavy atom. The average Bonchev–Trinajstić information content (AvgIpc) is 4.02. The zero-order valence-corrected chi connectivity index (χ0v) is 28.4. The molecule has 2 aromatic carbocycles. The van der Waals surface area contributed by atoms with Crippen LogP contribution in [0.5, 0.6) is 11.5 Å². The van der Waals surface area contributed by atoms with Gasteiger partial charge < -0.3 is 25.4 Å². The molecule has 13 heteroatoms. The Kier molecular flexibility index (Phi) is 8.99. The number of ether oxygens (including phenoxy) is 2. The fourth-order valence-electron chi connectivity index (χ4n) is 7.31. The highest BCUT2D eigenvalue weighted by Gasteiger charge is 2.62. The van der Waals surface area contributed by atoms with Gasteiger partial charge in [-0.15, -0.1) is 0 Å². The molecule has 3 aromatic rings. The minimum atomic E-state index is -3.81. The molecule has 1 aromatic heterocycles. The fourth-order valence-corrected chi connectivity index (χ4v) is 8.67. The maximum atomic E-state index is 14.1. The van der Waals surface area contributed by atoms with Crippen molar-refractivity contribution in [2.24, 2.45) is 11.7 Å². The molecule has 2 aliphatic carbocycles. The molecular weight excluding hydrogens is 646 g/mol. The van der Waals surface area contributed by atoms with Gasteiger partial charge in [0.05, 0.1) is 36.2 Å². The maximum absolute atomic E-state index is 14.1. The number of benzene rings is 2. The van der Waals surface area contributed by atoms with Crippen LogP contribution in [0.25, 0.3) is 22.2 Å². The molecule has 12 nitrogen and oxygen atoms in total. The maximum Gasteiger partial charge on any atom is 0.259 e. The molecule has 4 N–H and O–H groups in total. The summed E-state index contributed by atoms with van der Waals surface area (Å²) in [6, 6.07) is 15.4. The van der Waals surface area contributed by atoms with E-state index in [1.54, 1.807) is 7.11 Å². The second kappa shape index (κ2) is 13.2. The van der Waals surface area contributed by atoms with Crippen LogP contribution >= 0.6 is 0 Å². The Hall–Kier alpha value is -4.23. The number of nitrogens with two attached hydrogens (primary N) is 1. The second-order valence-electron chi connectivity index (χ2n) is 13.9. The smallest absolute Gasteiger partial charge is 0.259 e. The Morgan fingerprint density at radius 3 is 2.51 bits per heavy atom. The first-order chi connectivity index (χ1) is 23.6. The number of methoxy groups -OCH3 is 1. The van der Waals surface area contributed by atoms with Gasteiger partial charge in [0.1, 0.15) is 29.2 Å². The Bertz CT molecular complexity index is 1870. The minimum Gasteiger partial charge on any atom is -0.497 e. The molecule has 3 heterocycles. The summed E-state index contributed by atoms with van der Waals surface area (Å²) in [5.41, 5.74) is 7.32. The number of pyridine rings is 1. The predicted octanol–water partition coefficient (Wildman–Crippen LogP) is 3.42. The molecule has 2 saturated heterocycles. The summed E-state index contributed by atoms with van der Waals surface area (Å²) in [5, 5.41) is 3.11. The summed E-state index contributed by atoms with van der Waals surface area (Å²) in [4.78, 5) is 47.9. The number of nitrogens with one attached hydrogen (secondary N) is 2. The van der Waals surface area contributed by atoms with Crippen LogP contribution in [0.3, 0.4) is 0 Å². The number of hydrogen-bond donors (Lipinski definition) is 3. The van der Waals surface area contributed by atoms with Crippen LogP contribution in [0.2, 0.25) is 0 Å². The molecule has 4 fully saturated rings. The summed E-state index contributed by atoms with van der Waals surface area (Å²) in [6.07, 6.45) is 5.52. The lowest BCUT2D eigenvalue weighted by atomic mass is 10.0. The fraction of sp³-hybridized carbons (Fsp3) is 0.500. The number of rotatable bonds is 7. The van der Waals surface area contributed by atoms with Crippen molar-refractivity contribution in [2.45, 2.75) is 93.2 Å². The van der Waals surface area contributed by atoms with Gasteiger partial charge in [-0.05, 0) is 50.2 Å². The molecule has 1 unspecified atom stereocenters. The highest BCUT2D eigenvalue weighted by molar-refractivity contribution is 7.91. The van der Waals surface area contributed by atoms with Gasteiger partial charge >= 0.3 is 0 Å². The molecule has 3 amide bonds. The van der Waals surface area contributed by atoms with Crippen molar-refractivity contribution in [3.63, 3.8) is 0 Å². The highest BCUT2D eigenvalue weighted by atomic mass is 32.2. The third-order valence-electron chi connectivity index (χ3n) is 10.4. The van der Waals surface area contributed by atoms with Crippen molar-refractivity contribution in [1.82, 2.24) is 19.9 Å². The van der Waals surface area contributed by atoms with E-state index in [4.69, 9.17) is 20.2 Å². The highest BCUT2D eigenvalue weighted by Crippen LogP contribution is 2.48. The Labute approximate surface area is 286 Å². The van der Waals surface area contributed by atoms with E-state index in [9.17, 15) is 22.8 Å². The Morgan fingerprint density at radius 1 is 1.02 bits per heavy atom. The van der Waals surface area contributed by atoms with E-state index >= 15 is 0 Å². The lowest BCUT2D eigenvalue weighted by Crippen LogP contribution is -2.57. The van der Waals surface area contributed by atoms with E-state index < -0.39 is 50.8 Å². The largest absolute Gasteiger partial charge is 0.497 e. The summed E-state index contributed by atoms with van der Waals surface area (Å²) >= 11 is 0. The van der Waals surface area contributed by atoms with Crippen molar-refractivity contribution in [1.29, 1.82) is 0 Å². The molecule has 7 rings (SSSR count). The SMILES string of the molecule is COc1ccc2c(O[C@@H]3CC4C(=O)N[C@]5(C(=O)NS(=O)(=O)C6CC6)C[C@H]5CCCCCC[C@H](N)C(=O)N4C3)cc(-c3ccccc3)nc2c1. The summed E-state index contributed by atoms with van der Waals surface area (Å²) < 4.78 is 39.8. The van der Waals surface area contributed by atoms with Gasteiger partial charge in [0.15, 0.2) is 0 Å². The Balaban J connectivity index is 1.19. The number of amides is 3. The molecule has 260 valence electrons. The molecule has 0 bridgehead atoms. The van der Waals surface area contributed by atoms with Gasteiger partial charge in [0, 0.05) is 29.5 Å². The molecule has 2 saturated carbocycles. The van der Waals surface area contributed by atoms with Crippen molar-refractivity contribution in [3.8, 4) is 22.8 Å². The number of aromatic nitrogens is 1. The van der Waals surface area contributed by atoms with Gasteiger partial charge in [0.25, 0.3) is 5.91 Å². The van der Waals surface area contributed by atoms with Crippen molar-refractivity contribution in [3.05, 3.63) is 54.6 Å². The molecule has 49 heavy (non-hydrogen) atoms. The van der Waals surface area contributed by atoms with Gasteiger partial charge in [-0.2, -0.15) is 0 Å². The number of carbonyl (C=O) groups is 3. The van der Waals surface area contributed by atoms with Gasteiger partial charge in [0.2, 0.25) is 21.8 Å². The summed E-state index contributed by atoms with van der Waals surface area (Å²) in [5.74, 6) is -0.560. The standard InChI is InChI=1S/C36H43N5O7S/c1-47-24-13-16-27-30(17-24)38-29(22-9-5-4-6-10-22)19-32(27)48-25-18-31-33(42)39-36(35(44)40-49(45,46)26-14-15-26)20-23(36)11-7-2-3-8-12-28(37)34(43)41(31)21-25/h4-6,9-10,13,16-17,19,23,25-26,28,31H,2-3,7-8,11-12,14-15,18,20-21,37H2,1H3,(H,39,42)(H,40,44)/t23-,25-,28+,31?,36-/m1/s1. The molecule has 5 atom stereocenters. The summed E-state index contributed by atoms with van der Waals surface area (Å²) in [6.45, 7) is 0.115. The normalized spacial score (nSPS) is 27.8. The number of sulfonamides is 1. The van der Waals surface area contributed by atoms with Gasteiger partial charge in [-0.1, -0.05) is 56.0 Å². The van der Waals surface area contributed by atoms with Gasteiger partial charge in [-0.25, -0.2) is 13.4 Å². The van der Waals surface area contributed by atoms with E-state index in [-0.39, 0.29) is 24.8 Å². The monoisotopic (exact) mass is 689 g/mol. The lowest BCUT2D eigenvalue weighted by molar-refractivity contribution is -0.140. The quantitative estimate of drug-likeness (QED) is 0.337. The number of carbonyl (C=O) groups excluding carboxylic acids is 3. The van der Waals surface area contributed by atoms with Gasteiger partial charge in [-0.3, -0.25) is 19.1 Å². The average molecular weight is 690 g/mol. The van der Waals surface area contributed by atoms with E-state index in [1.165, 1.54) is 4.90 Å².